The molecule has 260 valence electrons. The molecule has 1 heterocycles. The van der Waals surface area contributed by atoms with Gasteiger partial charge in [0, 0.05) is 11.3 Å². The number of aliphatic hydroxyl groups excluding tert-OH is 5. The number of Topliss-reactive ketones (excluding diaryl/α,β-unsaturated/α-hetero) is 1. The van der Waals surface area contributed by atoms with Crippen molar-refractivity contribution >= 4 is 11.8 Å². The van der Waals surface area contributed by atoms with Crippen molar-refractivity contribution in [3.05, 3.63) is 11.6 Å². The van der Waals surface area contributed by atoms with Crippen LogP contribution in [0.1, 0.15) is 99.8 Å². The highest BCUT2D eigenvalue weighted by atomic mass is 16.7. The second-order valence-electron chi connectivity index (χ2n) is 17.5. The molecule has 5 fully saturated rings. The molecule has 0 aromatic rings. The fourth-order valence-corrected chi connectivity index (χ4v) is 12.2. The van der Waals surface area contributed by atoms with Crippen LogP contribution in [0.5, 0.6) is 0 Å². The summed E-state index contributed by atoms with van der Waals surface area (Å²) < 4.78 is 11.4. The topological polar surface area (TPSA) is 174 Å². The van der Waals surface area contributed by atoms with E-state index in [0.717, 1.165) is 18.4 Å². The van der Waals surface area contributed by atoms with Crippen molar-refractivity contribution in [2.75, 3.05) is 6.61 Å². The van der Waals surface area contributed by atoms with E-state index in [4.69, 9.17) is 9.47 Å². The standard InChI is InChI=1S/C36H56O10/c1-18-10-13-36(30(43)46-29-26(41)25(40)24(39)21(17-37)45-29)15-14-33(5)19(27(36)35(18,7)44)8-9-23-32(4)16-20(38)28(42)31(2,3)22(32)11-12-34(23,33)6/h8,18,20-27,29,37-41,44H,9-17H2,1-7H3/t18-,20-,21-,22+,23-,24-,25+,26-,27-,29+,32+,33-,34-,35-,36+/m1/s1. The maximum absolute atomic E-state index is 14.4. The van der Waals surface area contributed by atoms with Gasteiger partial charge in [-0.2, -0.15) is 0 Å². The number of ether oxygens (including phenoxy) is 2. The molecule has 4 saturated carbocycles. The van der Waals surface area contributed by atoms with E-state index in [2.05, 4.69) is 26.8 Å². The van der Waals surface area contributed by atoms with E-state index in [0.29, 0.717) is 38.5 Å². The zero-order valence-electron chi connectivity index (χ0n) is 28.5. The molecule has 1 saturated heterocycles. The lowest BCUT2D eigenvalue weighted by atomic mass is 9.33. The lowest BCUT2D eigenvalue weighted by Crippen LogP contribution is -2.68. The molecule has 0 unspecified atom stereocenters. The first kappa shape index (κ1) is 34.5. The fraction of sp³-hybridized carbons (Fsp3) is 0.889. The van der Waals surface area contributed by atoms with Crippen molar-refractivity contribution in [1.29, 1.82) is 0 Å². The quantitative estimate of drug-likeness (QED) is 0.197. The van der Waals surface area contributed by atoms with Crippen molar-refractivity contribution in [2.45, 2.75) is 142 Å². The summed E-state index contributed by atoms with van der Waals surface area (Å²) in [5, 5.41) is 64.4. The number of aliphatic hydroxyl groups is 6. The Balaban J connectivity index is 1.40. The zero-order chi connectivity index (χ0) is 34.0. The summed E-state index contributed by atoms with van der Waals surface area (Å²) in [7, 11) is 0. The third kappa shape index (κ3) is 4.32. The van der Waals surface area contributed by atoms with Gasteiger partial charge in [-0.15, -0.1) is 0 Å². The first-order chi connectivity index (χ1) is 21.2. The first-order valence-electron chi connectivity index (χ1n) is 17.4. The first-order valence-corrected chi connectivity index (χ1v) is 17.4. The molecule has 6 N–H and O–H groups in total. The van der Waals surface area contributed by atoms with Crippen LogP contribution in [0, 0.1) is 50.7 Å². The summed E-state index contributed by atoms with van der Waals surface area (Å²) >= 11 is 0. The van der Waals surface area contributed by atoms with E-state index >= 15 is 0 Å². The van der Waals surface area contributed by atoms with Crippen molar-refractivity contribution in [1.82, 2.24) is 0 Å². The van der Waals surface area contributed by atoms with Gasteiger partial charge in [-0.05, 0) is 92.3 Å². The molecule has 46 heavy (non-hydrogen) atoms. The number of esters is 1. The van der Waals surface area contributed by atoms with Crippen LogP contribution in [-0.2, 0) is 19.1 Å². The van der Waals surface area contributed by atoms with Gasteiger partial charge in [0.25, 0.3) is 0 Å². The number of hydrogen-bond acceptors (Lipinski definition) is 10. The number of fused-ring (bicyclic) bond motifs is 7. The predicted molar refractivity (Wildman–Crippen MR) is 167 cm³/mol. The van der Waals surface area contributed by atoms with E-state index < -0.39 is 71.7 Å². The van der Waals surface area contributed by atoms with Crippen LogP contribution in [0.3, 0.4) is 0 Å². The third-order valence-corrected chi connectivity index (χ3v) is 15.2. The summed E-state index contributed by atoms with van der Waals surface area (Å²) in [4.78, 5) is 27.6. The zero-order valence-corrected chi connectivity index (χ0v) is 28.5. The number of hydrogen-bond donors (Lipinski definition) is 6. The molecule has 0 spiro atoms. The molecule has 0 amide bonds. The average molecular weight is 649 g/mol. The van der Waals surface area contributed by atoms with Crippen molar-refractivity contribution in [3.8, 4) is 0 Å². The van der Waals surface area contributed by atoms with Crippen molar-refractivity contribution < 1.29 is 49.7 Å². The molecule has 6 aliphatic rings. The van der Waals surface area contributed by atoms with Crippen molar-refractivity contribution in [3.63, 3.8) is 0 Å². The second kappa shape index (κ2) is 10.8. The summed E-state index contributed by atoms with van der Waals surface area (Å²) in [6, 6.07) is 0. The van der Waals surface area contributed by atoms with Crippen LogP contribution in [-0.4, -0.2) is 91.4 Å². The lowest BCUT2D eigenvalue weighted by Gasteiger charge is -2.71. The summed E-state index contributed by atoms with van der Waals surface area (Å²) in [5.74, 6) is -1.03. The lowest BCUT2D eigenvalue weighted by molar-refractivity contribution is -0.299. The highest BCUT2D eigenvalue weighted by Crippen LogP contribution is 2.76. The van der Waals surface area contributed by atoms with Gasteiger partial charge >= 0.3 is 5.97 Å². The largest absolute Gasteiger partial charge is 0.432 e. The SMILES string of the molecule is C[C@@H]1CC[C@]2(C(=O)O[C@@H]3O[C@H](CO)[C@@H](O)[C@H](O)[C@H]3O)CC[C@]3(C)C(=CC[C@@H]4[C@@]5(C)C[C@@H](O)C(=O)C(C)(C)[C@@H]5CC[C@]43C)[C@@H]2[C@]1(C)O. The number of allylic oxidation sites excluding steroid dienone is 1. The van der Waals surface area contributed by atoms with E-state index in [1.165, 1.54) is 0 Å². The maximum Gasteiger partial charge on any atom is 0.315 e. The minimum absolute atomic E-state index is 0.0653. The van der Waals surface area contributed by atoms with Crippen LogP contribution in [0.4, 0.5) is 0 Å². The van der Waals surface area contributed by atoms with Crippen LogP contribution >= 0.6 is 0 Å². The normalized spacial score (nSPS) is 54.8. The van der Waals surface area contributed by atoms with Gasteiger partial charge in [-0.1, -0.05) is 53.2 Å². The Hall–Kier alpha value is -1.40. The molecule has 5 aliphatic carbocycles. The van der Waals surface area contributed by atoms with Gasteiger partial charge < -0.3 is 40.1 Å². The third-order valence-electron chi connectivity index (χ3n) is 15.2. The molecule has 0 aromatic heterocycles. The Morgan fingerprint density at radius 3 is 2.26 bits per heavy atom. The van der Waals surface area contributed by atoms with Crippen LogP contribution in [0.2, 0.25) is 0 Å². The van der Waals surface area contributed by atoms with E-state index in [-0.39, 0.29) is 39.8 Å². The van der Waals surface area contributed by atoms with Crippen molar-refractivity contribution in [2.24, 2.45) is 50.7 Å². The highest BCUT2D eigenvalue weighted by molar-refractivity contribution is 5.89. The number of carbonyl (C=O) groups excluding carboxylic acids is 2. The van der Waals surface area contributed by atoms with Crippen LogP contribution in [0.25, 0.3) is 0 Å². The van der Waals surface area contributed by atoms with Gasteiger partial charge in [-0.3, -0.25) is 9.59 Å². The average Bonchev–Trinajstić information content (AvgIpc) is 2.98. The van der Waals surface area contributed by atoms with E-state index in [9.17, 15) is 40.2 Å². The molecule has 10 nitrogen and oxygen atoms in total. The second-order valence-corrected chi connectivity index (χ2v) is 17.5. The maximum atomic E-state index is 14.4. The monoisotopic (exact) mass is 648 g/mol. The smallest absolute Gasteiger partial charge is 0.315 e. The molecule has 0 aromatic carbocycles. The highest BCUT2D eigenvalue weighted by Gasteiger charge is 2.72. The fourth-order valence-electron chi connectivity index (χ4n) is 12.2. The minimum Gasteiger partial charge on any atom is -0.432 e. The predicted octanol–water partition coefficient (Wildman–Crippen LogP) is 2.64. The minimum atomic E-state index is -1.71. The Labute approximate surface area is 272 Å². The Kier molecular flexibility index (Phi) is 8.09. The molecular formula is C36H56O10. The van der Waals surface area contributed by atoms with E-state index in [1.54, 1.807) is 0 Å². The number of ketones is 1. The Morgan fingerprint density at radius 1 is 0.935 bits per heavy atom. The molecular weight excluding hydrogens is 592 g/mol. The van der Waals surface area contributed by atoms with Crippen LogP contribution < -0.4 is 0 Å². The van der Waals surface area contributed by atoms with Gasteiger partial charge in [0.15, 0.2) is 5.78 Å². The Bertz CT molecular complexity index is 1290. The van der Waals surface area contributed by atoms with Gasteiger partial charge in [-0.25, -0.2) is 0 Å². The Morgan fingerprint density at radius 2 is 1.61 bits per heavy atom. The van der Waals surface area contributed by atoms with E-state index in [1.807, 2.05) is 27.7 Å². The number of rotatable bonds is 3. The van der Waals surface area contributed by atoms with Crippen LogP contribution in [0.15, 0.2) is 11.6 Å². The number of carbonyl (C=O) groups is 2. The molecule has 6 rings (SSSR count). The molecule has 0 radical (unpaired) electrons. The molecule has 10 heteroatoms. The molecule has 15 atom stereocenters. The summed E-state index contributed by atoms with van der Waals surface area (Å²) in [6.45, 7) is 14.1. The summed E-state index contributed by atoms with van der Waals surface area (Å²) in [5.41, 5.74) is -2.79. The summed E-state index contributed by atoms with van der Waals surface area (Å²) in [6.07, 6.45) is -1.40. The van der Waals surface area contributed by atoms with Gasteiger partial charge in [0.05, 0.1) is 17.6 Å². The van der Waals surface area contributed by atoms with Gasteiger partial charge in [0.1, 0.15) is 30.5 Å². The molecule has 1 aliphatic heterocycles. The molecule has 0 bridgehead atoms. The van der Waals surface area contributed by atoms with Gasteiger partial charge in [0.2, 0.25) is 6.29 Å².